The Morgan fingerprint density at radius 3 is 2.76 bits per heavy atom. The fourth-order valence-corrected chi connectivity index (χ4v) is 3.40. The Hall–Kier alpha value is -2.58. The van der Waals surface area contributed by atoms with Gasteiger partial charge in [0, 0.05) is 26.2 Å². The fraction of sp³-hybridized carbons (Fsp3) is 0.625. The number of piperazine rings is 1. The lowest BCUT2D eigenvalue weighted by Crippen LogP contribution is -2.55. The zero-order valence-electron chi connectivity index (χ0n) is 14.9. The molecule has 0 aliphatic carbocycles. The summed E-state index contributed by atoms with van der Waals surface area (Å²) >= 11 is 0. The summed E-state index contributed by atoms with van der Waals surface area (Å²) in [5, 5.41) is 6.80. The molecule has 1 N–H and O–H groups in total. The Balaban J connectivity index is 1.60. The molecule has 25 heavy (non-hydrogen) atoms. The van der Waals surface area contributed by atoms with Gasteiger partial charge in [0.05, 0.1) is 24.8 Å². The minimum absolute atomic E-state index is 0.0691. The molecule has 0 radical (unpaired) electrons. The van der Waals surface area contributed by atoms with Crippen molar-refractivity contribution in [1.29, 1.82) is 0 Å². The molecule has 0 aromatic carbocycles. The molecule has 0 bridgehead atoms. The van der Waals surface area contributed by atoms with Gasteiger partial charge in [-0.25, -0.2) is 4.79 Å². The van der Waals surface area contributed by atoms with E-state index < -0.39 is 6.04 Å². The summed E-state index contributed by atoms with van der Waals surface area (Å²) < 4.78 is 5.11. The van der Waals surface area contributed by atoms with Crippen molar-refractivity contribution < 1.29 is 18.9 Å². The molecule has 0 saturated carbocycles. The van der Waals surface area contributed by atoms with Crippen LogP contribution in [0.5, 0.6) is 0 Å². The van der Waals surface area contributed by atoms with Gasteiger partial charge in [0.25, 0.3) is 0 Å². The van der Waals surface area contributed by atoms with Crippen molar-refractivity contribution in [1.82, 2.24) is 25.2 Å². The largest absolute Gasteiger partial charge is 0.361 e. The second kappa shape index (κ2) is 6.38. The van der Waals surface area contributed by atoms with Gasteiger partial charge in [-0.15, -0.1) is 0 Å². The highest BCUT2D eigenvalue weighted by atomic mass is 16.5. The average molecular weight is 349 g/mol. The highest BCUT2D eigenvalue weighted by Gasteiger charge is 2.45. The van der Waals surface area contributed by atoms with E-state index in [1.807, 2.05) is 13.8 Å². The third-order valence-corrected chi connectivity index (χ3v) is 4.91. The van der Waals surface area contributed by atoms with Crippen LogP contribution in [-0.4, -0.2) is 77.0 Å². The molecular weight excluding hydrogens is 326 g/mol. The Morgan fingerprint density at radius 1 is 1.40 bits per heavy atom. The molecular formula is C16H23N5O4. The lowest BCUT2D eigenvalue weighted by Gasteiger charge is -2.33. The van der Waals surface area contributed by atoms with Gasteiger partial charge in [-0.2, -0.15) is 0 Å². The van der Waals surface area contributed by atoms with Crippen LogP contribution in [0.3, 0.4) is 0 Å². The van der Waals surface area contributed by atoms with Crippen LogP contribution >= 0.6 is 0 Å². The van der Waals surface area contributed by atoms with Crippen molar-refractivity contribution in [2.75, 3.05) is 27.2 Å². The quantitative estimate of drug-likeness (QED) is 0.820. The number of rotatable bonds is 3. The SMILES string of the molecule is Cc1noc(C)c1CN(C)C(=O)N[C@@H]1C[C@H]2C(=O)N(C)CC(=O)N2C1. The van der Waals surface area contributed by atoms with Crippen LogP contribution in [0.2, 0.25) is 0 Å². The fourth-order valence-electron chi connectivity index (χ4n) is 3.40. The predicted octanol–water partition coefficient (Wildman–Crippen LogP) is -0.126. The van der Waals surface area contributed by atoms with E-state index in [2.05, 4.69) is 10.5 Å². The number of carbonyl (C=O) groups is 3. The van der Waals surface area contributed by atoms with Crippen LogP contribution in [0.4, 0.5) is 4.79 Å². The summed E-state index contributed by atoms with van der Waals surface area (Å²) in [7, 11) is 3.31. The summed E-state index contributed by atoms with van der Waals surface area (Å²) in [6.07, 6.45) is 0.444. The minimum atomic E-state index is -0.468. The third kappa shape index (κ3) is 3.18. The molecule has 0 spiro atoms. The number of nitrogens with zero attached hydrogens (tertiary/aromatic N) is 4. The van der Waals surface area contributed by atoms with Gasteiger partial charge in [-0.3, -0.25) is 9.59 Å². The smallest absolute Gasteiger partial charge is 0.317 e. The highest BCUT2D eigenvalue weighted by molar-refractivity contribution is 5.95. The van der Waals surface area contributed by atoms with E-state index in [0.29, 0.717) is 25.3 Å². The summed E-state index contributed by atoms with van der Waals surface area (Å²) in [6, 6.07) is -0.952. The molecule has 2 saturated heterocycles. The molecule has 3 rings (SSSR count). The van der Waals surface area contributed by atoms with E-state index in [1.54, 1.807) is 23.9 Å². The van der Waals surface area contributed by atoms with Crippen LogP contribution < -0.4 is 5.32 Å². The van der Waals surface area contributed by atoms with E-state index in [4.69, 9.17) is 4.52 Å². The summed E-state index contributed by atoms with van der Waals surface area (Å²) in [6.45, 7) is 4.49. The number of aromatic nitrogens is 1. The Labute approximate surface area is 145 Å². The number of fused-ring (bicyclic) bond motifs is 1. The molecule has 4 amide bonds. The first-order valence-corrected chi connectivity index (χ1v) is 8.25. The lowest BCUT2D eigenvalue weighted by molar-refractivity contribution is -0.152. The zero-order valence-corrected chi connectivity index (χ0v) is 14.9. The molecule has 2 aliphatic rings. The Kier molecular flexibility index (Phi) is 4.40. The number of amides is 4. The molecule has 1 aromatic rings. The van der Waals surface area contributed by atoms with Crippen molar-refractivity contribution in [3.8, 4) is 0 Å². The zero-order chi connectivity index (χ0) is 18.3. The van der Waals surface area contributed by atoms with Crippen LogP contribution in [0.25, 0.3) is 0 Å². The minimum Gasteiger partial charge on any atom is -0.361 e. The highest BCUT2D eigenvalue weighted by Crippen LogP contribution is 2.23. The van der Waals surface area contributed by atoms with Crippen LogP contribution in [0.1, 0.15) is 23.4 Å². The van der Waals surface area contributed by atoms with Gasteiger partial charge in [0.15, 0.2) is 0 Å². The van der Waals surface area contributed by atoms with Crippen molar-refractivity contribution in [3.05, 3.63) is 17.0 Å². The monoisotopic (exact) mass is 349 g/mol. The second-order valence-corrected chi connectivity index (χ2v) is 6.80. The molecule has 136 valence electrons. The summed E-state index contributed by atoms with van der Waals surface area (Å²) in [5.74, 6) is 0.544. The van der Waals surface area contributed by atoms with E-state index in [9.17, 15) is 14.4 Å². The lowest BCUT2D eigenvalue weighted by atomic mass is 10.1. The number of urea groups is 1. The van der Waals surface area contributed by atoms with Crippen LogP contribution in [0, 0.1) is 13.8 Å². The molecule has 9 nitrogen and oxygen atoms in total. The number of carbonyl (C=O) groups excluding carboxylic acids is 3. The average Bonchev–Trinajstić information content (AvgIpc) is 3.11. The Bertz CT molecular complexity index is 696. The number of hydrogen-bond donors (Lipinski definition) is 1. The molecule has 2 fully saturated rings. The van der Waals surface area contributed by atoms with Crippen molar-refractivity contribution in [2.24, 2.45) is 0 Å². The second-order valence-electron chi connectivity index (χ2n) is 6.80. The van der Waals surface area contributed by atoms with Gasteiger partial charge in [-0.1, -0.05) is 5.16 Å². The topological polar surface area (TPSA) is 99.0 Å². The van der Waals surface area contributed by atoms with Crippen LogP contribution in [0.15, 0.2) is 4.52 Å². The van der Waals surface area contributed by atoms with E-state index >= 15 is 0 Å². The first kappa shape index (κ1) is 17.2. The number of hydrogen-bond acceptors (Lipinski definition) is 5. The molecule has 3 heterocycles. The first-order chi connectivity index (χ1) is 11.8. The maximum Gasteiger partial charge on any atom is 0.317 e. The number of likely N-dealkylation sites (N-methyl/N-ethyl adjacent to an activating group) is 1. The van der Waals surface area contributed by atoms with Gasteiger partial charge >= 0.3 is 6.03 Å². The standard InChI is InChI=1S/C16H23N5O4/c1-9-12(10(2)25-18-9)7-20(4)16(24)17-11-5-13-15(23)19(3)8-14(22)21(13)6-11/h11,13H,5-8H2,1-4H3,(H,17,24)/t11-,13+/m1/s1. The number of aryl methyl sites for hydroxylation is 2. The van der Waals surface area contributed by atoms with E-state index in [-0.39, 0.29) is 30.4 Å². The first-order valence-electron chi connectivity index (χ1n) is 8.25. The van der Waals surface area contributed by atoms with Gasteiger partial charge < -0.3 is 24.5 Å². The Morgan fingerprint density at radius 2 is 2.12 bits per heavy atom. The third-order valence-electron chi connectivity index (χ3n) is 4.91. The van der Waals surface area contributed by atoms with Gasteiger partial charge in [0.1, 0.15) is 11.8 Å². The summed E-state index contributed by atoms with van der Waals surface area (Å²) in [4.78, 5) is 41.3. The van der Waals surface area contributed by atoms with E-state index in [0.717, 1.165) is 11.3 Å². The van der Waals surface area contributed by atoms with Crippen molar-refractivity contribution in [2.45, 2.75) is 38.9 Å². The van der Waals surface area contributed by atoms with Crippen molar-refractivity contribution in [3.63, 3.8) is 0 Å². The molecule has 2 aliphatic heterocycles. The summed E-state index contributed by atoms with van der Waals surface area (Å²) in [5.41, 5.74) is 1.64. The predicted molar refractivity (Wildman–Crippen MR) is 87.5 cm³/mol. The van der Waals surface area contributed by atoms with Crippen LogP contribution in [-0.2, 0) is 16.1 Å². The molecule has 1 aromatic heterocycles. The molecule has 9 heteroatoms. The van der Waals surface area contributed by atoms with Crippen molar-refractivity contribution >= 4 is 17.8 Å². The molecule has 0 unspecified atom stereocenters. The van der Waals surface area contributed by atoms with E-state index in [1.165, 1.54) is 4.90 Å². The normalized spacial score (nSPS) is 23.0. The molecule has 2 atom stereocenters. The number of nitrogens with one attached hydrogen (secondary N) is 1. The maximum atomic E-state index is 12.4. The maximum absolute atomic E-state index is 12.4. The van der Waals surface area contributed by atoms with Gasteiger partial charge in [-0.05, 0) is 20.3 Å². The van der Waals surface area contributed by atoms with Gasteiger partial charge in [0.2, 0.25) is 11.8 Å².